The summed E-state index contributed by atoms with van der Waals surface area (Å²) in [6, 6.07) is 5.93. The van der Waals surface area contributed by atoms with Crippen LogP contribution in [0.4, 0.5) is 0 Å². The van der Waals surface area contributed by atoms with Gasteiger partial charge in [0.05, 0.1) is 5.56 Å². The van der Waals surface area contributed by atoms with Gasteiger partial charge in [0.2, 0.25) is 0 Å². The summed E-state index contributed by atoms with van der Waals surface area (Å²) in [5.41, 5.74) is 1.31. The molecule has 1 aliphatic rings. The summed E-state index contributed by atoms with van der Waals surface area (Å²) in [4.78, 5) is 12.1. The van der Waals surface area contributed by atoms with Crippen LogP contribution < -0.4 is 10.6 Å². The summed E-state index contributed by atoms with van der Waals surface area (Å²) in [5, 5.41) is 16.1. The van der Waals surface area contributed by atoms with Crippen molar-refractivity contribution in [1.29, 1.82) is 0 Å². The number of hydrogen-bond donors (Lipinski definition) is 3. The van der Waals surface area contributed by atoms with Crippen LogP contribution in [0.3, 0.4) is 0 Å². The van der Waals surface area contributed by atoms with Gasteiger partial charge in [-0.1, -0.05) is 6.07 Å². The lowest BCUT2D eigenvalue weighted by Gasteiger charge is -2.28. The normalized spacial score (nSPS) is 23.1. The van der Waals surface area contributed by atoms with Crippen LogP contribution in [0.2, 0.25) is 0 Å². The lowest BCUT2D eigenvalue weighted by atomic mass is 9.91. The zero-order chi connectivity index (χ0) is 13.8. The van der Waals surface area contributed by atoms with Crippen molar-refractivity contribution in [2.24, 2.45) is 0 Å². The number of carbonyl (C=O) groups is 1. The summed E-state index contributed by atoms with van der Waals surface area (Å²) >= 11 is 0. The summed E-state index contributed by atoms with van der Waals surface area (Å²) < 4.78 is 0. The molecule has 104 valence electrons. The molecule has 1 aliphatic carbocycles. The Kier molecular flexibility index (Phi) is 4.43. The molecule has 3 N–H and O–H groups in total. The van der Waals surface area contributed by atoms with Gasteiger partial charge < -0.3 is 15.7 Å². The first kappa shape index (κ1) is 13.9. The van der Waals surface area contributed by atoms with Gasteiger partial charge in [0.15, 0.2) is 0 Å². The van der Waals surface area contributed by atoms with E-state index in [2.05, 4.69) is 10.6 Å². The maximum absolute atomic E-state index is 12.1. The van der Waals surface area contributed by atoms with Crippen LogP contribution >= 0.6 is 0 Å². The molecule has 1 aromatic carbocycles. The molecule has 1 aromatic rings. The Morgan fingerprint density at radius 3 is 2.42 bits per heavy atom. The van der Waals surface area contributed by atoms with Crippen molar-refractivity contribution in [3.63, 3.8) is 0 Å². The third-order valence-electron chi connectivity index (χ3n) is 3.87. The minimum Gasteiger partial charge on any atom is -0.507 e. The van der Waals surface area contributed by atoms with Crippen LogP contribution in [-0.4, -0.2) is 30.1 Å². The molecular formula is C15H22N2O2. The number of aryl methyl sites for hydroxylation is 1. The molecule has 1 amide bonds. The highest BCUT2D eigenvalue weighted by atomic mass is 16.3. The van der Waals surface area contributed by atoms with Crippen LogP contribution in [0.25, 0.3) is 0 Å². The Morgan fingerprint density at radius 2 is 1.84 bits per heavy atom. The number of amides is 1. The number of hydrogen-bond acceptors (Lipinski definition) is 3. The Balaban J connectivity index is 1.94. The second-order valence-corrected chi connectivity index (χ2v) is 5.33. The summed E-state index contributed by atoms with van der Waals surface area (Å²) in [6.45, 7) is 1.89. The fraction of sp³-hybridized carbons (Fsp3) is 0.533. The molecular weight excluding hydrogens is 240 g/mol. The van der Waals surface area contributed by atoms with Gasteiger partial charge in [-0.3, -0.25) is 4.79 Å². The average Bonchev–Trinajstić information content (AvgIpc) is 2.39. The summed E-state index contributed by atoms with van der Waals surface area (Å²) in [5.74, 6) is -0.119. The molecule has 0 spiro atoms. The van der Waals surface area contributed by atoms with E-state index in [4.69, 9.17) is 0 Å². The number of phenols is 1. The highest BCUT2D eigenvalue weighted by molar-refractivity contribution is 5.97. The second-order valence-electron chi connectivity index (χ2n) is 5.33. The molecule has 0 saturated heterocycles. The highest BCUT2D eigenvalue weighted by Gasteiger charge is 2.22. The summed E-state index contributed by atoms with van der Waals surface area (Å²) in [6.07, 6.45) is 4.15. The van der Waals surface area contributed by atoms with Gasteiger partial charge >= 0.3 is 0 Å². The van der Waals surface area contributed by atoms with Gasteiger partial charge in [-0.25, -0.2) is 0 Å². The lowest BCUT2D eigenvalue weighted by molar-refractivity contribution is 0.0922. The van der Waals surface area contributed by atoms with Crippen LogP contribution in [0.1, 0.15) is 41.6 Å². The SMILES string of the molecule is CNC1CCC(NC(=O)c2ccc(C)cc2O)CC1. The number of rotatable bonds is 3. The standard InChI is InChI=1S/C15H22N2O2/c1-10-3-8-13(14(18)9-10)15(19)17-12-6-4-11(16-2)5-7-12/h3,8-9,11-12,16,18H,4-7H2,1-2H3,(H,17,19). The van der Waals surface area contributed by atoms with Crippen molar-refractivity contribution >= 4 is 5.91 Å². The minimum absolute atomic E-state index is 0.0569. The Hall–Kier alpha value is -1.55. The van der Waals surface area contributed by atoms with E-state index in [1.165, 1.54) is 0 Å². The quantitative estimate of drug-likeness (QED) is 0.780. The molecule has 2 rings (SSSR count). The largest absolute Gasteiger partial charge is 0.507 e. The van der Waals surface area contributed by atoms with Crippen molar-refractivity contribution in [3.05, 3.63) is 29.3 Å². The van der Waals surface area contributed by atoms with Gasteiger partial charge in [-0.05, 0) is 57.4 Å². The van der Waals surface area contributed by atoms with Crippen molar-refractivity contribution in [3.8, 4) is 5.75 Å². The van der Waals surface area contributed by atoms with Crippen LogP contribution in [0.15, 0.2) is 18.2 Å². The topological polar surface area (TPSA) is 61.4 Å². The molecule has 0 aromatic heterocycles. The molecule has 0 bridgehead atoms. The van der Waals surface area contributed by atoms with Gasteiger partial charge in [0.1, 0.15) is 5.75 Å². The average molecular weight is 262 g/mol. The lowest BCUT2D eigenvalue weighted by Crippen LogP contribution is -2.41. The monoisotopic (exact) mass is 262 g/mol. The predicted molar refractivity (Wildman–Crippen MR) is 75.4 cm³/mol. The van der Waals surface area contributed by atoms with E-state index in [-0.39, 0.29) is 17.7 Å². The molecule has 4 heteroatoms. The molecule has 0 unspecified atom stereocenters. The minimum atomic E-state index is -0.176. The van der Waals surface area contributed by atoms with E-state index < -0.39 is 0 Å². The zero-order valence-electron chi connectivity index (χ0n) is 11.6. The van der Waals surface area contributed by atoms with Crippen molar-refractivity contribution in [2.75, 3.05) is 7.05 Å². The summed E-state index contributed by atoms with van der Waals surface area (Å²) in [7, 11) is 1.98. The first-order chi connectivity index (χ1) is 9.10. The Morgan fingerprint density at radius 1 is 1.21 bits per heavy atom. The van der Waals surface area contributed by atoms with Gasteiger partial charge in [-0.2, -0.15) is 0 Å². The second kappa shape index (κ2) is 6.06. The molecule has 0 heterocycles. The smallest absolute Gasteiger partial charge is 0.255 e. The first-order valence-electron chi connectivity index (χ1n) is 6.88. The molecule has 1 fully saturated rings. The number of aromatic hydroxyl groups is 1. The number of nitrogens with one attached hydrogen (secondary N) is 2. The van der Waals surface area contributed by atoms with E-state index in [0.717, 1.165) is 31.2 Å². The number of carbonyl (C=O) groups excluding carboxylic acids is 1. The highest BCUT2D eigenvalue weighted by Crippen LogP contribution is 2.21. The third-order valence-corrected chi connectivity index (χ3v) is 3.87. The molecule has 4 nitrogen and oxygen atoms in total. The third kappa shape index (κ3) is 3.47. The fourth-order valence-corrected chi connectivity index (χ4v) is 2.62. The van der Waals surface area contributed by atoms with E-state index in [9.17, 15) is 9.90 Å². The maximum Gasteiger partial charge on any atom is 0.255 e. The molecule has 0 radical (unpaired) electrons. The van der Waals surface area contributed by atoms with Gasteiger partial charge in [0.25, 0.3) is 5.91 Å². The van der Waals surface area contributed by atoms with Crippen LogP contribution in [0, 0.1) is 6.92 Å². The van der Waals surface area contributed by atoms with Gasteiger partial charge in [0, 0.05) is 12.1 Å². The molecule has 0 aliphatic heterocycles. The van der Waals surface area contributed by atoms with Gasteiger partial charge in [-0.15, -0.1) is 0 Å². The van der Waals surface area contributed by atoms with E-state index >= 15 is 0 Å². The van der Waals surface area contributed by atoms with E-state index in [1.54, 1.807) is 12.1 Å². The maximum atomic E-state index is 12.1. The van der Waals surface area contributed by atoms with Crippen LogP contribution in [0.5, 0.6) is 5.75 Å². The fourth-order valence-electron chi connectivity index (χ4n) is 2.62. The molecule has 1 saturated carbocycles. The number of phenolic OH excluding ortho intramolecular Hbond substituents is 1. The first-order valence-corrected chi connectivity index (χ1v) is 6.88. The Labute approximate surface area is 114 Å². The van der Waals surface area contributed by atoms with E-state index in [0.29, 0.717) is 11.6 Å². The molecule has 0 atom stereocenters. The predicted octanol–water partition coefficient (Wildman–Crippen LogP) is 1.96. The van der Waals surface area contributed by atoms with Crippen LogP contribution in [-0.2, 0) is 0 Å². The number of benzene rings is 1. The molecule has 19 heavy (non-hydrogen) atoms. The van der Waals surface area contributed by atoms with Crippen molar-refractivity contribution in [2.45, 2.75) is 44.7 Å². The van der Waals surface area contributed by atoms with Crippen molar-refractivity contribution < 1.29 is 9.90 Å². The zero-order valence-corrected chi connectivity index (χ0v) is 11.6. The Bertz CT molecular complexity index is 451. The van der Waals surface area contributed by atoms with E-state index in [1.807, 2.05) is 20.0 Å². The van der Waals surface area contributed by atoms with Crippen molar-refractivity contribution in [1.82, 2.24) is 10.6 Å².